The van der Waals surface area contributed by atoms with Gasteiger partial charge in [0.2, 0.25) is 0 Å². The third-order valence-electron chi connectivity index (χ3n) is 4.72. The van der Waals surface area contributed by atoms with Gasteiger partial charge in [-0.05, 0) is 52.0 Å². The van der Waals surface area contributed by atoms with Crippen molar-refractivity contribution >= 4 is 11.9 Å². The molecule has 5 nitrogen and oxygen atoms in total. The summed E-state index contributed by atoms with van der Waals surface area (Å²) in [6.07, 6.45) is 0.215. The van der Waals surface area contributed by atoms with E-state index in [4.69, 9.17) is 9.47 Å². The highest BCUT2D eigenvalue weighted by atomic mass is 16.6. The van der Waals surface area contributed by atoms with Crippen LogP contribution in [0.3, 0.4) is 0 Å². The van der Waals surface area contributed by atoms with Gasteiger partial charge < -0.3 is 14.6 Å². The van der Waals surface area contributed by atoms with E-state index in [1.165, 1.54) is 0 Å². The van der Waals surface area contributed by atoms with E-state index in [9.17, 15) is 14.7 Å². The fourth-order valence-electron chi connectivity index (χ4n) is 3.73. The maximum absolute atomic E-state index is 13.0. The lowest BCUT2D eigenvalue weighted by Crippen LogP contribution is -2.46. The van der Waals surface area contributed by atoms with Crippen LogP contribution in [-0.4, -0.2) is 35.9 Å². The molecule has 138 valence electrons. The highest BCUT2D eigenvalue weighted by Gasteiger charge is 2.61. The summed E-state index contributed by atoms with van der Waals surface area (Å²) in [5, 5.41) is 9.85. The van der Waals surface area contributed by atoms with Gasteiger partial charge in [-0.2, -0.15) is 0 Å². The summed E-state index contributed by atoms with van der Waals surface area (Å²) >= 11 is 0. The minimum absolute atomic E-state index is 0.0920. The van der Waals surface area contributed by atoms with E-state index >= 15 is 0 Å². The van der Waals surface area contributed by atoms with Gasteiger partial charge in [0, 0.05) is 12.5 Å². The molecule has 0 radical (unpaired) electrons. The van der Waals surface area contributed by atoms with Gasteiger partial charge in [-0.1, -0.05) is 30.3 Å². The van der Waals surface area contributed by atoms with Crippen molar-refractivity contribution in [2.45, 2.75) is 58.7 Å². The first-order chi connectivity index (χ1) is 11.8. The van der Waals surface area contributed by atoms with Crippen LogP contribution in [0.4, 0.5) is 0 Å². The first-order valence-corrected chi connectivity index (χ1v) is 8.90. The summed E-state index contributed by atoms with van der Waals surface area (Å²) in [6.45, 7) is 6.95. The fourth-order valence-corrected chi connectivity index (χ4v) is 3.73. The average molecular weight is 348 g/mol. The highest BCUT2D eigenvalue weighted by molar-refractivity contribution is 6.02. The van der Waals surface area contributed by atoms with Crippen molar-refractivity contribution in [2.75, 3.05) is 6.61 Å². The van der Waals surface area contributed by atoms with Crippen LogP contribution in [0.1, 0.15) is 52.0 Å². The van der Waals surface area contributed by atoms with E-state index in [0.717, 1.165) is 5.56 Å². The normalized spacial score (nSPS) is 22.2. The number of carbonyl (C=O) groups is 2. The lowest BCUT2D eigenvalue weighted by atomic mass is 9.71. The minimum Gasteiger partial charge on any atom is -0.462 e. The molecular formula is C20H28O5. The van der Waals surface area contributed by atoms with Crippen LogP contribution in [0, 0.1) is 11.3 Å². The van der Waals surface area contributed by atoms with Gasteiger partial charge in [-0.15, -0.1) is 0 Å². The molecule has 25 heavy (non-hydrogen) atoms. The Bertz CT molecular complexity index is 571. The Morgan fingerprint density at radius 3 is 2.04 bits per heavy atom. The monoisotopic (exact) mass is 348 g/mol. The largest absolute Gasteiger partial charge is 0.462 e. The van der Waals surface area contributed by atoms with Gasteiger partial charge in [0.25, 0.3) is 0 Å². The molecule has 0 aliphatic heterocycles. The number of aliphatic hydroxyl groups excluding tert-OH is 1. The molecule has 1 fully saturated rings. The molecular weight excluding hydrogens is 320 g/mol. The van der Waals surface area contributed by atoms with Gasteiger partial charge >= 0.3 is 11.9 Å². The second-order valence-corrected chi connectivity index (χ2v) is 7.25. The van der Waals surface area contributed by atoms with Gasteiger partial charge in [0.15, 0.2) is 5.41 Å². The Hall–Kier alpha value is -1.88. The van der Waals surface area contributed by atoms with Crippen molar-refractivity contribution in [3.05, 3.63) is 35.9 Å². The smallest absolute Gasteiger partial charge is 0.324 e. The van der Waals surface area contributed by atoms with Crippen molar-refractivity contribution in [1.82, 2.24) is 0 Å². The third-order valence-corrected chi connectivity index (χ3v) is 4.72. The summed E-state index contributed by atoms with van der Waals surface area (Å²) in [4.78, 5) is 26.1. The molecule has 0 amide bonds. The molecule has 2 rings (SSSR count). The Morgan fingerprint density at radius 1 is 1.08 bits per heavy atom. The second kappa shape index (κ2) is 8.00. The highest BCUT2D eigenvalue weighted by Crippen LogP contribution is 2.54. The van der Waals surface area contributed by atoms with Crippen molar-refractivity contribution < 1.29 is 24.2 Å². The zero-order chi connectivity index (χ0) is 18.6. The number of esters is 2. The number of hydrogen-bond acceptors (Lipinski definition) is 5. The molecule has 1 N–H and O–H groups in total. The molecule has 0 aromatic heterocycles. The first-order valence-electron chi connectivity index (χ1n) is 8.90. The lowest BCUT2D eigenvalue weighted by molar-refractivity contribution is -0.178. The van der Waals surface area contributed by atoms with E-state index < -0.39 is 23.3 Å². The summed E-state index contributed by atoms with van der Waals surface area (Å²) < 4.78 is 10.9. The Labute approximate surface area is 149 Å². The average Bonchev–Trinajstić information content (AvgIpc) is 2.95. The Balaban J connectivity index is 2.54. The number of benzene rings is 1. The molecule has 0 unspecified atom stereocenters. The fraction of sp³-hybridized carbons (Fsp3) is 0.600. The molecule has 1 aliphatic rings. The van der Waals surface area contributed by atoms with Crippen LogP contribution in [0.5, 0.6) is 0 Å². The maximum Gasteiger partial charge on any atom is 0.324 e. The zero-order valence-electron chi connectivity index (χ0n) is 15.4. The van der Waals surface area contributed by atoms with Crippen LogP contribution < -0.4 is 0 Å². The molecule has 5 heteroatoms. The van der Waals surface area contributed by atoms with Gasteiger partial charge in [-0.25, -0.2) is 0 Å². The van der Waals surface area contributed by atoms with Gasteiger partial charge in [0.1, 0.15) is 0 Å². The van der Waals surface area contributed by atoms with Gasteiger partial charge in [0.05, 0.1) is 12.2 Å². The van der Waals surface area contributed by atoms with Gasteiger partial charge in [-0.3, -0.25) is 9.59 Å². The molecule has 0 saturated heterocycles. The summed E-state index contributed by atoms with van der Waals surface area (Å²) in [5.74, 6) is -1.77. The molecule has 0 bridgehead atoms. The van der Waals surface area contributed by atoms with E-state index in [-0.39, 0.29) is 24.7 Å². The summed E-state index contributed by atoms with van der Waals surface area (Å²) in [5.41, 5.74) is -0.566. The SMILES string of the molecule is CC(C)OC(=O)C1(C(=O)OC(C)C)CC[C@H](CO)[C@H]1c1ccccc1. The van der Waals surface area contributed by atoms with Crippen LogP contribution in [0.15, 0.2) is 30.3 Å². The molecule has 0 heterocycles. The van der Waals surface area contributed by atoms with Crippen LogP contribution in [-0.2, 0) is 19.1 Å². The number of aliphatic hydroxyl groups is 1. The molecule has 2 atom stereocenters. The molecule has 1 aromatic carbocycles. The molecule has 1 saturated carbocycles. The number of rotatable bonds is 6. The third kappa shape index (κ3) is 3.87. The predicted octanol–water partition coefficient (Wildman–Crippen LogP) is 3.06. The van der Waals surface area contributed by atoms with E-state index in [2.05, 4.69) is 0 Å². The van der Waals surface area contributed by atoms with Crippen molar-refractivity contribution in [1.29, 1.82) is 0 Å². The quantitative estimate of drug-likeness (QED) is 0.632. The Kier molecular flexibility index (Phi) is 6.22. The number of ether oxygens (including phenoxy) is 2. The van der Waals surface area contributed by atoms with Crippen molar-refractivity contribution in [2.24, 2.45) is 11.3 Å². The topological polar surface area (TPSA) is 72.8 Å². The van der Waals surface area contributed by atoms with Crippen molar-refractivity contribution in [3.63, 3.8) is 0 Å². The van der Waals surface area contributed by atoms with E-state index in [0.29, 0.717) is 12.8 Å². The van der Waals surface area contributed by atoms with Crippen LogP contribution >= 0.6 is 0 Å². The van der Waals surface area contributed by atoms with Crippen LogP contribution in [0.25, 0.3) is 0 Å². The Morgan fingerprint density at radius 2 is 1.60 bits per heavy atom. The standard InChI is InChI=1S/C20H28O5/c1-13(2)24-18(22)20(19(23)25-14(3)4)11-10-16(12-21)17(20)15-8-6-5-7-9-15/h5-9,13-14,16-17,21H,10-12H2,1-4H3/t16-,17-/m1/s1. The summed E-state index contributed by atoms with van der Waals surface area (Å²) in [6, 6.07) is 9.40. The minimum atomic E-state index is -1.41. The first kappa shape index (κ1) is 19.4. The zero-order valence-corrected chi connectivity index (χ0v) is 15.4. The number of carbonyl (C=O) groups excluding carboxylic acids is 2. The number of hydrogen-bond donors (Lipinski definition) is 1. The van der Waals surface area contributed by atoms with Crippen LogP contribution in [0.2, 0.25) is 0 Å². The van der Waals surface area contributed by atoms with E-state index in [1.54, 1.807) is 27.7 Å². The molecule has 1 aromatic rings. The maximum atomic E-state index is 13.0. The molecule has 1 aliphatic carbocycles. The second-order valence-electron chi connectivity index (χ2n) is 7.25. The van der Waals surface area contributed by atoms with E-state index in [1.807, 2.05) is 30.3 Å². The lowest BCUT2D eigenvalue weighted by Gasteiger charge is -2.34. The summed E-state index contributed by atoms with van der Waals surface area (Å²) in [7, 11) is 0. The molecule has 0 spiro atoms. The van der Waals surface area contributed by atoms with Crippen molar-refractivity contribution in [3.8, 4) is 0 Å². The predicted molar refractivity (Wildman–Crippen MR) is 93.9 cm³/mol.